The van der Waals surface area contributed by atoms with E-state index in [2.05, 4.69) is 133 Å². The van der Waals surface area contributed by atoms with Crippen LogP contribution >= 0.6 is 16.5 Å². The van der Waals surface area contributed by atoms with Gasteiger partial charge in [-0.1, -0.05) is 182 Å². The average molecular weight is 895 g/mol. The maximum Gasteiger partial charge on any atom is 0.453 e. The third-order valence-corrected chi connectivity index (χ3v) is 14.2. The highest BCUT2D eigenvalue weighted by Gasteiger charge is 2.37. The molecule has 8 heteroatoms. The number of benzene rings is 6. The van der Waals surface area contributed by atoms with E-state index in [9.17, 15) is 0 Å². The molecular formula is C56H64O6P2. The summed E-state index contributed by atoms with van der Waals surface area (Å²) >= 11 is 0. The highest BCUT2D eigenvalue weighted by atomic mass is 31.1. The smallest absolute Gasteiger partial charge is 0.390 e. The lowest BCUT2D eigenvalue weighted by Gasteiger charge is -2.35. The lowest BCUT2D eigenvalue weighted by atomic mass is 9.71. The second kappa shape index (κ2) is 16.9. The summed E-state index contributed by atoms with van der Waals surface area (Å²) in [5.74, 6) is 1.47. The SMILES string of the molecule is CCc1c(C(C)(C)C)cc(C(C)(C)C)c(Op2oc3ccccc3c3ccccc3o2)c1-c1c(CC)c(C(C)(C)C)cc(C(C)(C)C)c1Op1oc2ccccc2c2ccccc2o1. The molecule has 0 aliphatic carbocycles. The van der Waals surface area contributed by atoms with Gasteiger partial charge in [0, 0.05) is 43.8 Å². The van der Waals surface area contributed by atoms with Crippen LogP contribution in [0, 0.1) is 0 Å². The molecule has 0 atom stereocenters. The summed E-state index contributed by atoms with van der Waals surface area (Å²) < 4.78 is 42.5. The van der Waals surface area contributed by atoms with Crippen LogP contribution in [-0.4, -0.2) is 0 Å². The molecule has 0 aliphatic rings. The van der Waals surface area contributed by atoms with Crippen LogP contribution in [0.1, 0.15) is 130 Å². The molecule has 334 valence electrons. The van der Waals surface area contributed by atoms with E-state index in [1.807, 2.05) is 72.8 Å². The van der Waals surface area contributed by atoms with Crippen molar-refractivity contribution in [2.24, 2.45) is 0 Å². The van der Waals surface area contributed by atoms with Crippen LogP contribution in [0.2, 0.25) is 0 Å². The molecule has 6 aromatic carbocycles. The molecule has 0 saturated heterocycles. The number of hydrogen-bond acceptors (Lipinski definition) is 6. The van der Waals surface area contributed by atoms with Gasteiger partial charge >= 0.3 is 16.5 Å². The Balaban J connectivity index is 1.58. The van der Waals surface area contributed by atoms with Crippen molar-refractivity contribution in [3.63, 3.8) is 0 Å². The lowest BCUT2D eigenvalue weighted by Crippen LogP contribution is -2.23. The van der Waals surface area contributed by atoms with Gasteiger partial charge in [0.1, 0.15) is 33.8 Å². The van der Waals surface area contributed by atoms with Crippen molar-refractivity contribution >= 4 is 60.4 Å². The van der Waals surface area contributed by atoms with E-state index in [-0.39, 0.29) is 21.7 Å². The van der Waals surface area contributed by atoms with Gasteiger partial charge in [-0.05, 0) is 81.0 Å². The molecule has 2 aromatic heterocycles. The van der Waals surface area contributed by atoms with Gasteiger partial charge in [-0.3, -0.25) is 0 Å². The first kappa shape index (κ1) is 45.3. The van der Waals surface area contributed by atoms with E-state index in [1.165, 1.54) is 22.3 Å². The minimum Gasteiger partial charge on any atom is -0.390 e. The summed E-state index contributed by atoms with van der Waals surface area (Å²) in [4.78, 5) is 0. The van der Waals surface area contributed by atoms with Crippen molar-refractivity contribution < 1.29 is 25.8 Å². The van der Waals surface area contributed by atoms with Crippen LogP contribution in [0.4, 0.5) is 0 Å². The van der Waals surface area contributed by atoms with E-state index in [0.717, 1.165) is 68.1 Å². The van der Waals surface area contributed by atoms with Crippen molar-refractivity contribution in [2.45, 2.75) is 131 Å². The second-order valence-electron chi connectivity index (χ2n) is 21.0. The molecule has 0 saturated carbocycles. The third kappa shape index (κ3) is 8.65. The van der Waals surface area contributed by atoms with Gasteiger partial charge in [0.05, 0.1) is 0 Å². The highest BCUT2D eigenvalue weighted by molar-refractivity contribution is 7.32. The minimum atomic E-state index is -2.02. The number of para-hydroxylation sites is 4. The average Bonchev–Trinajstić information content (AvgIpc) is 3.48. The molecule has 0 N–H and O–H groups in total. The normalized spacial score (nSPS) is 12.7. The quantitative estimate of drug-likeness (QED) is 0.159. The van der Waals surface area contributed by atoms with Crippen molar-refractivity contribution in [3.05, 3.63) is 143 Å². The zero-order chi connectivity index (χ0) is 45.9. The fraction of sp³-hybridized carbons (Fsp3) is 0.357. The van der Waals surface area contributed by atoms with Gasteiger partial charge < -0.3 is 25.8 Å². The molecule has 0 spiro atoms. The van der Waals surface area contributed by atoms with E-state index in [4.69, 9.17) is 25.8 Å². The van der Waals surface area contributed by atoms with Crippen molar-refractivity contribution in [3.8, 4) is 22.6 Å². The molecule has 8 rings (SSSR count). The molecule has 0 unspecified atom stereocenters. The number of rotatable bonds is 7. The largest absolute Gasteiger partial charge is 0.453 e. The van der Waals surface area contributed by atoms with Crippen molar-refractivity contribution in [1.29, 1.82) is 0 Å². The Bertz CT molecular complexity index is 2800. The molecule has 0 aliphatic heterocycles. The van der Waals surface area contributed by atoms with E-state index < -0.39 is 16.5 Å². The summed E-state index contributed by atoms with van der Waals surface area (Å²) in [6.07, 6.45) is 1.48. The van der Waals surface area contributed by atoms with Gasteiger partial charge in [0.2, 0.25) is 0 Å². The second-order valence-corrected chi connectivity index (χ2v) is 23.0. The maximum absolute atomic E-state index is 7.52. The summed E-state index contributed by atoms with van der Waals surface area (Å²) in [6, 6.07) is 37.2. The molecule has 0 amide bonds. The van der Waals surface area contributed by atoms with Crippen LogP contribution in [0.25, 0.3) is 55.0 Å². The van der Waals surface area contributed by atoms with E-state index in [0.29, 0.717) is 22.3 Å². The first-order valence-electron chi connectivity index (χ1n) is 22.7. The molecule has 0 fully saturated rings. The summed E-state index contributed by atoms with van der Waals surface area (Å²) in [5, 5.41) is 3.85. The molecule has 2 heterocycles. The monoisotopic (exact) mass is 894 g/mol. The van der Waals surface area contributed by atoms with Crippen molar-refractivity contribution in [2.75, 3.05) is 0 Å². The summed E-state index contributed by atoms with van der Waals surface area (Å²) in [6.45, 7) is 31.9. The van der Waals surface area contributed by atoms with Crippen LogP contribution < -0.4 is 9.05 Å². The fourth-order valence-corrected chi connectivity index (χ4v) is 11.1. The number of fused-ring (bicyclic) bond motifs is 6. The number of hydrogen-bond donors (Lipinski definition) is 0. The van der Waals surface area contributed by atoms with Gasteiger partial charge in [-0.25, -0.2) is 0 Å². The maximum atomic E-state index is 7.52. The molecule has 0 bridgehead atoms. The van der Waals surface area contributed by atoms with E-state index in [1.54, 1.807) is 0 Å². The highest BCUT2D eigenvalue weighted by Crippen LogP contribution is 2.57. The Hall–Kier alpha value is -5.28. The summed E-state index contributed by atoms with van der Waals surface area (Å²) in [7, 11) is -4.04. The summed E-state index contributed by atoms with van der Waals surface area (Å²) in [5.41, 5.74) is 10.7. The van der Waals surface area contributed by atoms with Gasteiger partial charge in [-0.2, -0.15) is 0 Å². The van der Waals surface area contributed by atoms with Crippen LogP contribution in [0.15, 0.2) is 126 Å². The predicted octanol–water partition coefficient (Wildman–Crippen LogP) is 18.6. The van der Waals surface area contributed by atoms with Gasteiger partial charge in [-0.15, -0.1) is 0 Å². The first-order valence-corrected chi connectivity index (χ1v) is 24.8. The molecule has 64 heavy (non-hydrogen) atoms. The Morgan fingerprint density at radius 1 is 0.375 bits per heavy atom. The molecule has 6 nitrogen and oxygen atoms in total. The van der Waals surface area contributed by atoms with Gasteiger partial charge in [0.15, 0.2) is 0 Å². The fourth-order valence-electron chi connectivity index (χ4n) is 8.97. The van der Waals surface area contributed by atoms with Crippen molar-refractivity contribution in [1.82, 2.24) is 0 Å². The van der Waals surface area contributed by atoms with Crippen LogP contribution in [0.5, 0.6) is 11.5 Å². The Kier molecular flexibility index (Phi) is 12.0. The van der Waals surface area contributed by atoms with E-state index >= 15 is 0 Å². The molecule has 0 radical (unpaired) electrons. The molecule has 8 aromatic rings. The first-order chi connectivity index (χ1) is 30.2. The zero-order valence-electron chi connectivity index (χ0n) is 40.2. The Labute approximate surface area is 381 Å². The standard InChI is InChI=1S/C56H64O6P2/c1-15-35-41(53(3,4)5)33-43(55(9,10)11)51(61-63-57-45-29-21-17-25-37(45)38-26-18-22-30-46(38)58-63)49(35)50-36(16-2)42(54(6,7)8)34-44(56(12,13)14)52(50)62-64-59-47-31-23-19-27-39(47)40-28-20-24-32-48(40)60-64/h17-34H,15-16H2,1-14H3. The Morgan fingerprint density at radius 3 is 0.859 bits per heavy atom. The predicted molar refractivity (Wildman–Crippen MR) is 270 cm³/mol. The third-order valence-electron chi connectivity index (χ3n) is 12.1. The lowest BCUT2D eigenvalue weighted by molar-refractivity contribution is 0.469. The van der Waals surface area contributed by atoms with Crippen LogP contribution in [-0.2, 0) is 34.5 Å². The zero-order valence-corrected chi connectivity index (χ0v) is 41.9. The Morgan fingerprint density at radius 2 is 0.625 bits per heavy atom. The molecular weight excluding hydrogens is 831 g/mol. The van der Waals surface area contributed by atoms with Crippen LogP contribution in [0.3, 0.4) is 0 Å². The minimum absolute atomic E-state index is 0.218. The topological polar surface area (TPSA) is 71.0 Å². The van der Waals surface area contributed by atoms with Gasteiger partial charge in [0.25, 0.3) is 0 Å².